The molecule has 1 heterocycles. The van der Waals surface area contributed by atoms with E-state index in [1.165, 1.54) is 0 Å². The number of hydrogen-bond acceptors (Lipinski definition) is 2. The van der Waals surface area contributed by atoms with E-state index in [9.17, 15) is 9.90 Å². The molecule has 0 aliphatic heterocycles. The van der Waals surface area contributed by atoms with Gasteiger partial charge in [0, 0.05) is 24.7 Å². The highest BCUT2D eigenvalue weighted by molar-refractivity contribution is 6.31. The lowest BCUT2D eigenvalue weighted by atomic mass is 9.83. The Morgan fingerprint density at radius 1 is 1.40 bits per heavy atom. The molecule has 0 aliphatic carbocycles. The number of rotatable bonds is 8. The summed E-state index contributed by atoms with van der Waals surface area (Å²) >= 11 is 5.98. The molecule has 1 aromatic rings. The van der Waals surface area contributed by atoms with Crippen molar-refractivity contribution in [1.29, 1.82) is 0 Å². The van der Waals surface area contributed by atoms with Crippen molar-refractivity contribution in [3.8, 4) is 0 Å². The maximum absolute atomic E-state index is 12.3. The molecule has 5 heteroatoms. The average molecular weight is 301 g/mol. The average Bonchev–Trinajstić information content (AvgIpc) is 2.82. The zero-order valence-electron chi connectivity index (χ0n) is 12.6. The van der Waals surface area contributed by atoms with Crippen molar-refractivity contribution >= 4 is 17.5 Å². The number of aliphatic hydroxyl groups is 1. The van der Waals surface area contributed by atoms with Gasteiger partial charge in [-0.3, -0.25) is 4.79 Å². The number of carbonyl (C=O) groups is 1. The van der Waals surface area contributed by atoms with Crippen LogP contribution in [0.5, 0.6) is 0 Å². The lowest BCUT2D eigenvalue weighted by molar-refractivity contribution is 0.0843. The zero-order valence-corrected chi connectivity index (χ0v) is 13.3. The van der Waals surface area contributed by atoms with Gasteiger partial charge in [0.1, 0.15) is 5.69 Å². The Hall–Kier alpha value is -1.00. The molecular formula is C15H25ClN2O2. The predicted octanol–water partition coefficient (Wildman–Crippen LogP) is 3.08. The fourth-order valence-electron chi connectivity index (χ4n) is 2.23. The number of amides is 1. The van der Waals surface area contributed by atoms with E-state index in [1.54, 1.807) is 12.3 Å². The second kappa shape index (κ2) is 7.70. The molecular weight excluding hydrogens is 276 g/mol. The van der Waals surface area contributed by atoms with E-state index in [1.807, 2.05) is 18.4 Å². The Balaban J connectivity index is 2.76. The van der Waals surface area contributed by atoms with Crippen molar-refractivity contribution in [2.24, 2.45) is 5.41 Å². The fraction of sp³-hybridized carbons (Fsp3) is 0.667. The SMILES string of the molecule is CCCn1cc(Cl)cc1C(=O)NCC(CC)(CC)CO. The van der Waals surface area contributed by atoms with Crippen LogP contribution in [0.25, 0.3) is 0 Å². The van der Waals surface area contributed by atoms with Crippen LogP contribution in [-0.2, 0) is 6.54 Å². The maximum Gasteiger partial charge on any atom is 0.267 e. The molecule has 0 atom stereocenters. The van der Waals surface area contributed by atoms with E-state index < -0.39 is 0 Å². The Morgan fingerprint density at radius 2 is 2.05 bits per heavy atom. The number of nitrogens with zero attached hydrogens (tertiary/aromatic N) is 1. The van der Waals surface area contributed by atoms with Crippen LogP contribution in [0.1, 0.15) is 50.5 Å². The molecule has 0 bridgehead atoms. The van der Waals surface area contributed by atoms with Crippen molar-refractivity contribution in [1.82, 2.24) is 9.88 Å². The minimum atomic E-state index is -0.234. The molecule has 0 saturated carbocycles. The predicted molar refractivity (Wildman–Crippen MR) is 82.2 cm³/mol. The van der Waals surface area contributed by atoms with E-state index in [0.29, 0.717) is 17.3 Å². The van der Waals surface area contributed by atoms with E-state index in [0.717, 1.165) is 25.8 Å². The topological polar surface area (TPSA) is 54.3 Å². The van der Waals surface area contributed by atoms with E-state index in [2.05, 4.69) is 12.2 Å². The third-order valence-electron chi connectivity index (χ3n) is 4.02. The van der Waals surface area contributed by atoms with Gasteiger partial charge in [0.2, 0.25) is 0 Å². The van der Waals surface area contributed by atoms with Gasteiger partial charge >= 0.3 is 0 Å². The summed E-state index contributed by atoms with van der Waals surface area (Å²) in [6.07, 6.45) is 4.38. The maximum atomic E-state index is 12.3. The van der Waals surface area contributed by atoms with Crippen LogP contribution in [0, 0.1) is 5.41 Å². The smallest absolute Gasteiger partial charge is 0.267 e. The molecule has 4 nitrogen and oxygen atoms in total. The summed E-state index contributed by atoms with van der Waals surface area (Å²) in [7, 11) is 0. The lowest BCUT2D eigenvalue weighted by Gasteiger charge is -2.29. The van der Waals surface area contributed by atoms with Gasteiger partial charge in [0.15, 0.2) is 0 Å². The summed E-state index contributed by atoms with van der Waals surface area (Å²) in [6, 6.07) is 1.69. The standard InChI is InChI=1S/C15H25ClN2O2/c1-4-7-18-9-12(16)8-13(18)14(20)17-10-15(5-2,6-3)11-19/h8-9,19H,4-7,10-11H2,1-3H3,(H,17,20). The molecule has 0 saturated heterocycles. The number of halogens is 1. The Labute approximate surface area is 126 Å². The molecule has 1 aromatic heterocycles. The number of aryl methyl sites for hydroxylation is 1. The van der Waals surface area contributed by atoms with Crippen molar-refractivity contribution in [2.75, 3.05) is 13.2 Å². The molecule has 20 heavy (non-hydrogen) atoms. The number of nitrogens with one attached hydrogen (secondary N) is 1. The lowest BCUT2D eigenvalue weighted by Crippen LogP contribution is -2.40. The molecule has 1 rings (SSSR count). The minimum Gasteiger partial charge on any atom is -0.396 e. The zero-order chi connectivity index (χ0) is 15.2. The van der Waals surface area contributed by atoms with Crippen LogP contribution in [0.3, 0.4) is 0 Å². The largest absolute Gasteiger partial charge is 0.396 e. The van der Waals surface area contributed by atoms with Crippen LogP contribution in [0.15, 0.2) is 12.3 Å². The third kappa shape index (κ3) is 4.00. The molecule has 1 amide bonds. The highest BCUT2D eigenvalue weighted by Crippen LogP contribution is 2.24. The van der Waals surface area contributed by atoms with Crippen LogP contribution < -0.4 is 5.32 Å². The van der Waals surface area contributed by atoms with Gasteiger partial charge in [-0.2, -0.15) is 0 Å². The normalized spacial score (nSPS) is 11.7. The van der Waals surface area contributed by atoms with Gasteiger partial charge in [0.25, 0.3) is 5.91 Å². The second-order valence-electron chi connectivity index (χ2n) is 5.28. The first-order chi connectivity index (χ1) is 9.51. The summed E-state index contributed by atoms with van der Waals surface area (Å²) in [5.41, 5.74) is 0.345. The molecule has 0 spiro atoms. The van der Waals surface area contributed by atoms with Crippen molar-refractivity contribution in [2.45, 2.75) is 46.6 Å². The summed E-state index contributed by atoms with van der Waals surface area (Å²) < 4.78 is 1.87. The minimum absolute atomic E-state index is 0.0804. The van der Waals surface area contributed by atoms with Crippen LogP contribution >= 0.6 is 11.6 Å². The fourth-order valence-corrected chi connectivity index (χ4v) is 2.45. The molecule has 0 fully saturated rings. The first-order valence-corrected chi connectivity index (χ1v) is 7.64. The Kier molecular flexibility index (Phi) is 6.56. The van der Waals surface area contributed by atoms with Crippen molar-refractivity contribution in [3.63, 3.8) is 0 Å². The number of aromatic nitrogens is 1. The van der Waals surface area contributed by atoms with Crippen LogP contribution in [0.4, 0.5) is 0 Å². The monoisotopic (exact) mass is 300 g/mol. The van der Waals surface area contributed by atoms with Gasteiger partial charge in [-0.25, -0.2) is 0 Å². The molecule has 2 N–H and O–H groups in total. The molecule has 114 valence electrons. The third-order valence-corrected chi connectivity index (χ3v) is 4.23. The van der Waals surface area contributed by atoms with Gasteiger partial charge in [-0.05, 0) is 25.3 Å². The first-order valence-electron chi connectivity index (χ1n) is 7.26. The highest BCUT2D eigenvalue weighted by Gasteiger charge is 2.26. The molecule has 0 radical (unpaired) electrons. The number of aliphatic hydroxyl groups excluding tert-OH is 1. The molecule has 0 aliphatic rings. The van der Waals surface area contributed by atoms with Gasteiger partial charge in [0.05, 0.1) is 11.6 Å². The van der Waals surface area contributed by atoms with Gasteiger partial charge < -0.3 is 15.0 Å². The van der Waals surface area contributed by atoms with Crippen LogP contribution in [-0.4, -0.2) is 28.7 Å². The van der Waals surface area contributed by atoms with Crippen molar-refractivity contribution < 1.29 is 9.90 Å². The Bertz CT molecular complexity index is 431. The summed E-state index contributed by atoms with van der Waals surface area (Å²) in [4.78, 5) is 12.3. The highest BCUT2D eigenvalue weighted by atomic mass is 35.5. The summed E-state index contributed by atoms with van der Waals surface area (Å²) in [5, 5.41) is 13.0. The summed E-state index contributed by atoms with van der Waals surface area (Å²) in [5.74, 6) is -0.134. The van der Waals surface area contributed by atoms with E-state index in [4.69, 9.17) is 11.6 Å². The quantitative estimate of drug-likeness (QED) is 0.775. The first kappa shape index (κ1) is 17.1. The number of hydrogen-bond donors (Lipinski definition) is 2. The molecule has 0 unspecified atom stereocenters. The van der Waals surface area contributed by atoms with Crippen molar-refractivity contribution in [3.05, 3.63) is 23.0 Å². The number of carbonyl (C=O) groups excluding carboxylic acids is 1. The Morgan fingerprint density at radius 3 is 2.55 bits per heavy atom. The van der Waals surface area contributed by atoms with E-state index in [-0.39, 0.29) is 17.9 Å². The van der Waals surface area contributed by atoms with E-state index >= 15 is 0 Å². The summed E-state index contributed by atoms with van der Waals surface area (Å²) in [6.45, 7) is 7.44. The second-order valence-corrected chi connectivity index (χ2v) is 5.72. The van der Waals surface area contributed by atoms with Gasteiger partial charge in [-0.1, -0.05) is 32.4 Å². The van der Waals surface area contributed by atoms with Crippen LogP contribution in [0.2, 0.25) is 5.02 Å². The van der Waals surface area contributed by atoms with Gasteiger partial charge in [-0.15, -0.1) is 0 Å². The molecule has 0 aromatic carbocycles.